The Balaban J connectivity index is 0.000000162. The van der Waals surface area contributed by atoms with Crippen LogP contribution in [0.2, 0.25) is 0 Å². The van der Waals surface area contributed by atoms with Gasteiger partial charge in [0, 0.05) is 12.6 Å². The molecule has 0 aromatic carbocycles. The topological polar surface area (TPSA) is 78.9 Å². The lowest BCUT2D eigenvalue weighted by atomic mass is 10.5. The molecule has 1 rings (SSSR count). The number of carboxylic acid groups (broad SMARTS) is 1. The molecule has 0 fully saturated rings. The number of aromatic nitrogens is 3. The highest BCUT2D eigenvalue weighted by Gasteiger charge is 1.80. The molecule has 0 amide bonds. The van der Waals surface area contributed by atoms with Gasteiger partial charge in [0.05, 0.1) is 6.20 Å². The Bertz CT molecular complexity index is 144. The average molecular weight is 143 g/mol. The van der Waals surface area contributed by atoms with E-state index >= 15 is 0 Å². The third kappa shape index (κ3) is 6.61. The summed E-state index contributed by atoms with van der Waals surface area (Å²) in [5, 5.41) is 17.0. The van der Waals surface area contributed by atoms with Gasteiger partial charge < -0.3 is 5.11 Å². The minimum atomic E-state index is -0.745. The molecule has 5 heteroatoms. The average Bonchev–Trinajstić information content (AvgIpc) is 2.43. The van der Waals surface area contributed by atoms with Crippen LogP contribution in [0.3, 0.4) is 0 Å². The summed E-state index contributed by atoms with van der Waals surface area (Å²) in [6.07, 6.45) is 3.46. The Morgan fingerprint density at radius 3 is 2.50 bits per heavy atom. The number of carboxylic acids is 1. The van der Waals surface area contributed by atoms with E-state index in [1.54, 1.807) is 19.3 Å². The van der Waals surface area contributed by atoms with Crippen molar-refractivity contribution in [3.8, 4) is 0 Å². The molecular weight excluding hydrogens is 134 g/mol. The minimum absolute atomic E-state index is 0.222. The van der Waals surface area contributed by atoms with E-state index < -0.39 is 5.97 Å². The van der Waals surface area contributed by atoms with E-state index in [2.05, 4.69) is 15.4 Å². The van der Waals surface area contributed by atoms with Gasteiger partial charge in [-0.05, 0) is 0 Å². The van der Waals surface area contributed by atoms with E-state index in [0.717, 1.165) is 0 Å². The molecule has 56 valence electrons. The van der Waals surface area contributed by atoms with E-state index in [4.69, 9.17) is 5.11 Å². The van der Waals surface area contributed by atoms with Crippen molar-refractivity contribution >= 4 is 5.97 Å². The maximum Gasteiger partial charge on any atom is 0.303 e. The number of aromatic amines is 1. The Morgan fingerprint density at radius 2 is 2.40 bits per heavy atom. The minimum Gasteiger partial charge on any atom is -0.481 e. The highest BCUT2D eigenvalue weighted by Crippen LogP contribution is 1.67. The van der Waals surface area contributed by atoms with E-state index in [1.807, 2.05) is 0 Å². The summed E-state index contributed by atoms with van der Waals surface area (Å²) in [4.78, 5) is 9.37. The largest absolute Gasteiger partial charge is 0.481 e. The Hall–Kier alpha value is -1.39. The fourth-order valence-electron chi connectivity index (χ4n) is 0.167. The molecule has 1 heterocycles. The van der Waals surface area contributed by atoms with Crippen molar-refractivity contribution in [1.82, 2.24) is 15.4 Å². The van der Waals surface area contributed by atoms with Crippen LogP contribution in [0.4, 0.5) is 0 Å². The lowest BCUT2D eigenvalue weighted by Gasteiger charge is -1.71. The fraction of sp³-hybridized carbons (Fsp3) is 0.400. The molecule has 0 aliphatic carbocycles. The van der Waals surface area contributed by atoms with Crippen LogP contribution < -0.4 is 0 Å². The second-order valence-corrected chi connectivity index (χ2v) is 1.41. The molecule has 2 N–H and O–H groups in total. The second-order valence-electron chi connectivity index (χ2n) is 1.41. The van der Waals surface area contributed by atoms with Crippen molar-refractivity contribution in [3.05, 3.63) is 12.4 Å². The van der Waals surface area contributed by atoms with Crippen molar-refractivity contribution in [1.29, 1.82) is 0 Å². The zero-order valence-corrected chi connectivity index (χ0v) is 5.61. The molecule has 0 saturated carbocycles. The maximum absolute atomic E-state index is 9.37. The Kier molecular flexibility index (Phi) is 4.94. The molecule has 0 saturated heterocycles. The standard InChI is InChI=1S/C3H6O2.C2H3N3/c1-2-3(4)5;1-2-4-5-3-1/h2H2,1H3,(H,4,5);1-2H,(H,3,4,5). The van der Waals surface area contributed by atoms with Crippen molar-refractivity contribution in [2.75, 3.05) is 0 Å². The molecule has 0 spiro atoms. The van der Waals surface area contributed by atoms with Crippen LogP contribution in [0.5, 0.6) is 0 Å². The molecule has 0 aliphatic rings. The van der Waals surface area contributed by atoms with Gasteiger partial charge in [-0.1, -0.05) is 12.1 Å². The number of rotatable bonds is 1. The summed E-state index contributed by atoms with van der Waals surface area (Å²) < 4.78 is 0. The highest BCUT2D eigenvalue weighted by atomic mass is 16.4. The van der Waals surface area contributed by atoms with Crippen LogP contribution in [0.25, 0.3) is 0 Å². The first kappa shape index (κ1) is 8.61. The van der Waals surface area contributed by atoms with Crippen LogP contribution in [0.1, 0.15) is 13.3 Å². The van der Waals surface area contributed by atoms with Gasteiger partial charge in [-0.3, -0.25) is 9.89 Å². The van der Waals surface area contributed by atoms with Gasteiger partial charge in [0.2, 0.25) is 0 Å². The quantitative estimate of drug-likeness (QED) is 0.592. The first-order chi connectivity index (χ1) is 4.77. The fourth-order valence-corrected chi connectivity index (χ4v) is 0.167. The molecule has 1 aromatic heterocycles. The van der Waals surface area contributed by atoms with E-state index in [9.17, 15) is 4.79 Å². The lowest BCUT2D eigenvalue weighted by molar-refractivity contribution is -0.136. The molecule has 0 unspecified atom stereocenters. The molecule has 1 aromatic rings. The predicted molar refractivity (Wildman–Crippen MR) is 34.3 cm³/mol. The molecule has 0 atom stereocenters. The Labute approximate surface area is 58.1 Å². The van der Waals surface area contributed by atoms with Crippen molar-refractivity contribution in [2.45, 2.75) is 13.3 Å². The number of nitrogens with zero attached hydrogens (tertiary/aromatic N) is 2. The van der Waals surface area contributed by atoms with Crippen LogP contribution in [0, 0.1) is 0 Å². The predicted octanol–water partition coefficient (Wildman–Crippen LogP) is 0.286. The molecule has 0 radical (unpaired) electrons. The monoisotopic (exact) mass is 143 g/mol. The Morgan fingerprint density at radius 1 is 1.80 bits per heavy atom. The molecule has 0 bridgehead atoms. The third-order valence-corrected chi connectivity index (χ3v) is 0.634. The smallest absolute Gasteiger partial charge is 0.303 e. The summed E-state index contributed by atoms with van der Waals surface area (Å²) in [6.45, 7) is 1.60. The lowest BCUT2D eigenvalue weighted by Crippen LogP contribution is -1.86. The second kappa shape index (κ2) is 5.74. The summed E-state index contributed by atoms with van der Waals surface area (Å²) in [6, 6.07) is 0. The molecule has 5 nitrogen and oxygen atoms in total. The summed E-state index contributed by atoms with van der Waals surface area (Å²) in [7, 11) is 0. The zero-order chi connectivity index (χ0) is 7.82. The van der Waals surface area contributed by atoms with Gasteiger partial charge in [-0.2, -0.15) is 0 Å². The van der Waals surface area contributed by atoms with Crippen molar-refractivity contribution < 1.29 is 9.90 Å². The number of hydrogen-bond acceptors (Lipinski definition) is 3. The van der Waals surface area contributed by atoms with Gasteiger partial charge in [0.15, 0.2) is 0 Å². The number of aliphatic carboxylic acids is 1. The van der Waals surface area contributed by atoms with E-state index in [1.165, 1.54) is 0 Å². The molecular formula is C5H9N3O2. The van der Waals surface area contributed by atoms with Crippen LogP contribution in [-0.2, 0) is 4.79 Å². The van der Waals surface area contributed by atoms with Crippen LogP contribution >= 0.6 is 0 Å². The summed E-state index contributed by atoms with van der Waals surface area (Å²) in [5.41, 5.74) is 0. The SMILES string of the molecule is CCC(=O)O.c1c[nH]nn1. The maximum atomic E-state index is 9.37. The van der Waals surface area contributed by atoms with Crippen LogP contribution in [0.15, 0.2) is 12.4 Å². The highest BCUT2D eigenvalue weighted by molar-refractivity contribution is 5.66. The van der Waals surface area contributed by atoms with Gasteiger partial charge in [0.25, 0.3) is 0 Å². The number of hydrogen-bond donors (Lipinski definition) is 2. The van der Waals surface area contributed by atoms with Gasteiger partial charge >= 0.3 is 5.97 Å². The van der Waals surface area contributed by atoms with Gasteiger partial charge in [0.1, 0.15) is 0 Å². The zero-order valence-electron chi connectivity index (χ0n) is 5.61. The van der Waals surface area contributed by atoms with Crippen molar-refractivity contribution in [2.24, 2.45) is 0 Å². The van der Waals surface area contributed by atoms with Crippen LogP contribution in [-0.4, -0.2) is 26.5 Å². The first-order valence-electron chi connectivity index (χ1n) is 2.79. The normalized spacial score (nSPS) is 7.70. The first-order valence-corrected chi connectivity index (χ1v) is 2.79. The number of carbonyl (C=O) groups is 1. The van der Waals surface area contributed by atoms with Gasteiger partial charge in [-0.15, -0.1) is 5.10 Å². The summed E-state index contributed by atoms with van der Waals surface area (Å²) >= 11 is 0. The third-order valence-electron chi connectivity index (χ3n) is 0.634. The van der Waals surface area contributed by atoms with Crippen molar-refractivity contribution in [3.63, 3.8) is 0 Å². The van der Waals surface area contributed by atoms with E-state index in [-0.39, 0.29) is 6.42 Å². The van der Waals surface area contributed by atoms with E-state index in [0.29, 0.717) is 0 Å². The molecule has 10 heavy (non-hydrogen) atoms. The molecule has 0 aliphatic heterocycles. The summed E-state index contributed by atoms with van der Waals surface area (Å²) in [5.74, 6) is -0.745. The number of H-pyrrole nitrogens is 1. The number of nitrogens with one attached hydrogen (secondary N) is 1. The van der Waals surface area contributed by atoms with Gasteiger partial charge in [-0.25, -0.2) is 0 Å².